The fraction of sp³-hybridized carbons (Fsp3) is 0.538. The third-order valence-corrected chi connectivity index (χ3v) is 5.55. The highest BCUT2D eigenvalue weighted by Gasteiger charge is 2.43. The van der Waals surface area contributed by atoms with Gasteiger partial charge < -0.3 is 0 Å². The van der Waals surface area contributed by atoms with E-state index in [-0.39, 0.29) is 31.2 Å². The monoisotopic (exact) mass is 336 g/mol. The van der Waals surface area contributed by atoms with Gasteiger partial charge >= 0.3 is 6.18 Å². The van der Waals surface area contributed by atoms with Gasteiger partial charge in [0.05, 0.1) is 16.7 Å². The van der Waals surface area contributed by atoms with Crippen LogP contribution in [0, 0.1) is 5.92 Å². The van der Waals surface area contributed by atoms with Gasteiger partial charge in [-0.15, -0.1) is 0 Å². The van der Waals surface area contributed by atoms with Crippen LogP contribution in [-0.2, 0) is 10.0 Å². The van der Waals surface area contributed by atoms with Gasteiger partial charge in [-0.3, -0.25) is 9.78 Å². The lowest BCUT2D eigenvalue weighted by Gasteiger charge is -2.29. The fourth-order valence-corrected chi connectivity index (χ4v) is 3.90. The standard InChI is InChI=1S/C13H15F3N2O3S/c14-13(15,16)10-3-5-11(6-4-10)22(20,21)18-12(19)9-2-1-7-17-8-9/h1-2,7-8,10-11H,3-6H2,(H,18,19). The molecule has 1 aromatic heterocycles. The summed E-state index contributed by atoms with van der Waals surface area (Å²) in [6.07, 6.45) is -2.35. The van der Waals surface area contributed by atoms with Gasteiger partial charge in [-0.2, -0.15) is 13.2 Å². The molecule has 122 valence electrons. The lowest BCUT2D eigenvalue weighted by molar-refractivity contribution is -0.181. The molecule has 0 saturated heterocycles. The summed E-state index contributed by atoms with van der Waals surface area (Å²) in [5.74, 6) is -2.29. The van der Waals surface area contributed by atoms with Crippen molar-refractivity contribution in [3.8, 4) is 0 Å². The zero-order valence-corrected chi connectivity index (χ0v) is 12.3. The predicted molar refractivity (Wildman–Crippen MR) is 72.4 cm³/mol. The Morgan fingerprint density at radius 2 is 1.86 bits per heavy atom. The number of alkyl halides is 3. The topological polar surface area (TPSA) is 76.1 Å². The third kappa shape index (κ3) is 3.96. The number of halogens is 3. The summed E-state index contributed by atoms with van der Waals surface area (Å²) in [5.41, 5.74) is 0.0788. The molecule has 1 aromatic rings. The van der Waals surface area contributed by atoms with Gasteiger partial charge in [-0.1, -0.05) is 0 Å². The molecule has 1 aliphatic rings. The van der Waals surface area contributed by atoms with Gasteiger partial charge in [-0.25, -0.2) is 13.1 Å². The molecule has 0 radical (unpaired) electrons. The number of rotatable bonds is 3. The summed E-state index contributed by atoms with van der Waals surface area (Å²) in [6, 6.07) is 2.88. The number of amides is 1. The summed E-state index contributed by atoms with van der Waals surface area (Å²) in [5, 5.41) is -0.980. The lowest BCUT2D eigenvalue weighted by atomic mass is 9.88. The number of nitrogens with one attached hydrogen (secondary N) is 1. The highest BCUT2D eigenvalue weighted by molar-refractivity contribution is 7.90. The zero-order valence-electron chi connectivity index (χ0n) is 11.5. The van der Waals surface area contributed by atoms with Crippen molar-refractivity contribution in [2.24, 2.45) is 5.92 Å². The molecule has 22 heavy (non-hydrogen) atoms. The van der Waals surface area contributed by atoms with Gasteiger partial charge in [0.1, 0.15) is 0 Å². The van der Waals surface area contributed by atoms with E-state index in [0.29, 0.717) is 0 Å². The van der Waals surface area contributed by atoms with Gasteiger partial charge in [0.2, 0.25) is 10.0 Å². The first kappa shape index (κ1) is 16.7. The van der Waals surface area contributed by atoms with Gasteiger partial charge in [0, 0.05) is 12.4 Å². The Bertz CT molecular complexity index is 624. The number of hydrogen-bond acceptors (Lipinski definition) is 4. The Kier molecular flexibility index (Phi) is 4.74. The Hall–Kier alpha value is -1.64. The zero-order chi connectivity index (χ0) is 16.4. The molecule has 0 unspecified atom stereocenters. The van der Waals surface area contributed by atoms with Gasteiger partial charge in [0.15, 0.2) is 0 Å². The molecule has 1 aliphatic carbocycles. The van der Waals surface area contributed by atoms with Crippen LogP contribution in [0.4, 0.5) is 13.2 Å². The van der Waals surface area contributed by atoms with E-state index >= 15 is 0 Å². The van der Waals surface area contributed by atoms with E-state index in [0.717, 1.165) is 0 Å². The fourth-order valence-electron chi connectivity index (χ4n) is 2.47. The largest absolute Gasteiger partial charge is 0.391 e. The summed E-state index contributed by atoms with van der Waals surface area (Å²) in [4.78, 5) is 15.5. The molecule has 0 atom stereocenters. The molecular formula is C13H15F3N2O3S. The minimum atomic E-state index is -4.30. The van der Waals surface area contributed by atoms with E-state index in [1.54, 1.807) is 0 Å². The van der Waals surface area contributed by atoms with E-state index in [2.05, 4.69) is 4.98 Å². The predicted octanol–water partition coefficient (Wildman–Crippen LogP) is 2.26. The van der Waals surface area contributed by atoms with Crippen LogP contribution < -0.4 is 4.72 Å². The molecule has 0 aromatic carbocycles. The van der Waals surface area contributed by atoms with E-state index in [9.17, 15) is 26.4 Å². The Labute approximate surface area is 126 Å². The third-order valence-electron chi connectivity index (χ3n) is 3.73. The first-order chi connectivity index (χ1) is 10.2. The summed E-state index contributed by atoms with van der Waals surface area (Å²) < 4.78 is 63.8. The molecule has 1 fully saturated rings. The van der Waals surface area contributed by atoms with Crippen LogP contribution in [0.25, 0.3) is 0 Å². The first-order valence-corrected chi connectivity index (χ1v) is 8.27. The summed E-state index contributed by atoms with van der Waals surface area (Å²) >= 11 is 0. The average molecular weight is 336 g/mol. The molecule has 0 aliphatic heterocycles. The van der Waals surface area contributed by atoms with Crippen LogP contribution in [0.3, 0.4) is 0 Å². The number of carbonyl (C=O) groups excluding carboxylic acids is 1. The van der Waals surface area contributed by atoms with Crippen molar-refractivity contribution in [2.75, 3.05) is 0 Å². The average Bonchev–Trinajstić information content (AvgIpc) is 2.47. The number of hydrogen-bond donors (Lipinski definition) is 1. The van der Waals surface area contributed by atoms with Crippen LogP contribution in [0.2, 0.25) is 0 Å². The number of carbonyl (C=O) groups is 1. The first-order valence-electron chi connectivity index (χ1n) is 6.73. The Balaban J connectivity index is 1.99. The van der Waals surface area contributed by atoms with Gasteiger partial charge in [-0.05, 0) is 37.8 Å². The van der Waals surface area contributed by atoms with Crippen molar-refractivity contribution in [3.05, 3.63) is 30.1 Å². The highest BCUT2D eigenvalue weighted by Crippen LogP contribution is 2.38. The number of pyridine rings is 1. The maximum atomic E-state index is 12.6. The molecule has 1 N–H and O–H groups in total. The second-order valence-electron chi connectivity index (χ2n) is 5.23. The normalized spacial score (nSPS) is 23.0. The second-order valence-corrected chi connectivity index (χ2v) is 7.19. The van der Waals surface area contributed by atoms with E-state index in [1.165, 1.54) is 24.5 Å². The molecule has 5 nitrogen and oxygen atoms in total. The SMILES string of the molecule is O=C(NS(=O)(=O)C1CCC(C(F)(F)F)CC1)c1cccnc1. The second kappa shape index (κ2) is 6.23. The minimum Gasteiger partial charge on any atom is -0.268 e. The van der Waals surface area contributed by atoms with E-state index in [1.807, 2.05) is 4.72 Å². The van der Waals surface area contributed by atoms with Crippen molar-refractivity contribution < 1.29 is 26.4 Å². The van der Waals surface area contributed by atoms with Crippen LogP contribution >= 0.6 is 0 Å². The van der Waals surface area contributed by atoms with E-state index < -0.39 is 33.3 Å². The summed E-state index contributed by atoms with van der Waals surface area (Å²) in [6.45, 7) is 0. The highest BCUT2D eigenvalue weighted by atomic mass is 32.2. The maximum Gasteiger partial charge on any atom is 0.391 e. The summed E-state index contributed by atoms with van der Waals surface area (Å²) in [7, 11) is -3.99. The molecule has 1 heterocycles. The molecule has 2 rings (SSSR count). The molecule has 9 heteroatoms. The molecule has 0 spiro atoms. The minimum absolute atomic E-state index is 0.0788. The van der Waals surface area contributed by atoms with Crippen molar-refractivity contribution in [1.82, 2.24) is 9.71 Å². The molecule has 0 bridgehead atoms. The van der Waals surface area contributed by atoms with Crippen LogP contribution in [0.1, 0.15) is 36.0 Å². The smallest absolute Gasteiger partial charge is 0.268 e. The van der Waals surface area contributed by atoms with Crippen molar-refractivity contribution in [3.63, 3.8) is 0 Å². The van der Waals surface area contributed by atoms with Gasteiger partial charge in [0.25, 0.3) is 5.91 Å². The number of aromatic nitrogens is 1. The quantitative estimate of drug-likeness (QED) is 0.919. The van der Waals surface area contributed by atoms with E-state index in [4.69, 9.17) is 0 Å². The van der Waals surface area contributed by atoms with Crippen LogP contribution in [0.5, 0.6) is 0 Å². The molecule has 1 amide bonds. The van der Waals surface area contributed by atoms with Crippen molar-refractivity contribution >= 4 is 15.9 Å². The Morgan fingerprint density at radius 3 is 2.36 bits per heavy atom. The van der Waals surface area contributed by atoms with Crippen LogP contribution in [-0.4, -0.2) is 30.7 Å². The Morgan fingerprint density at radius 1 is 1.23 bits per heavy atom. The lowest BCUT2D eigenvalue weighted by Crippen LogP contribution is -2.41. The molecule has 1 saturated carbocycles. The number of sulfonamides is 1. The van der Waals surface area contributed by atoms with Crippen molar-refractivity contribution in [2.45, 2.75) is 37.1 Å². The molecular weight excluding hydrogens is 321 g/mol. The maximum absolute atomic E-state index is 12.6. The number of nitrogens with zero attached hydrogens (tertiary/aromatic N) is 1. The van der Waals surface area contributed by atoms with Crippen molar-refractivity contribution in [1.29, 1.82) is 0 Å². The van der Waals surface area contributed by atoms with Crippen LogP contribution in [0.15, 0.2) is 24.5 Å².